The van der Waals surface area contributed by atoms with Crippen molar-refractivity contribution in [3.8, 4) is 0 Å². The minimum absolute atomic E-state index is 0.0930. The predicted octanol–water partition coefficient (Wildman–Crippen LogP) is 1.39. The Bertz CT molecular complexity index is 363. The highest BCUT2D eigenvalue weighted by Gasteiger charge is 2.02. The minimum Gasteiger partial charge on any atom is -0.354 e. The van der Waals surface area contributed by atoms with Crippen LogP contribution in [0.2, 0.25) is 0 Å². The van der Waals surface area contributed by atoms with E-state index in [9.17, 15) is 4.79 Å². The molecule has 0 saturated heterocycles. The summed E-state index contributed by atoms with van der Waals surface area (Å²) in [6.45, 7) is 7.43. The highest BCUT2D eigenvalue weighted by atomic mass is 16.1. The van der Waals surface area contributed by atoms with Gasteiger partial charge in [-0.15, -0.1) is 0 Å². The number of aromatic nitrogens is 1. The Labute approximate surface area is 103 Å². The summed E-state index contributed by atoms with van der Waals surface area (Å²) >= 11 is 0. The average Bonchev–Trinajstić information content (AvgIpc) is 2.25. The van der Waals surface area contributed by atoms with Gasteiger partial charge in [-0.2, -0.15) is 0 Å². The number of amides is 1. The molecule has 4 nitrogen and oxygen atoms in total. The molecule has 0 fully saturated rings. The third-order valence-corrected chi connectivity index (χ3v) is 2.44. The lowest BCUT2D eigenvalue weighted by atomic mass is 10.1. The second-order valence-corrected chi connectivity index (χ2v) is 4.45. The number of pyridine rings is 1. The molecular weight excluding hydrogens is 214 g/mol. The minimum atomic E-state index is 0.0930. The van der Waals surface area contributed by atoms with Gasteiger partial charge < -0.3 is 10.6 Å². The lowest BCUT2D eigenvalue weighted by molar-refractivity contribution is -0.121. The van der Waals surface area contributed by atoms with E-state index in [2.05, 4.69) is 22.5 Å². The summed E-state index contributed by atoms with van der Waals surface area (Å²) in [5.41, 5.74) is 2.40. The Morgan fingerprint density at radius 3 is 2.88 bits per heavy atom. The van der Waals surface area contributed by atoms with E-state index in [-0.39, 0.29) is 11.9 Å². The van der Waals surface area contributed by atoms with Gasteiger partial charge in [0.2, 0.25) is 5.91 Å². The zero-order chi connectivity index (χ0) is 12.7. The first-order valence-electron chi connectivity index (χ1n) is 5.99. The van der Waals surface area contributed by atoms with Crippen molar-refractivity contribution >= 4 is 5.91 Å². The first-order valence-corrected chi connectivity index (χ1v) is 5.99. The normalized spacial score (nSPS) is 10.6. The fraction of sp³-hybridized carbons (Fsp3) is 0.538. The van der Waals surface area contributed by atoms with Crippen molar-refractivity contribution in [3.63, 3.8) is 0 Å². The Hall–Kier alpha value is -1.42. The molecule has 0 atom stereocenters. The van der Waals surface area contributed by atoms with E-state index in [1.807, 2.05) is 26.1 Å². The van der Waals surface area contributed by atoms with Gasteiger partial charge in [0.05, 0.1) is 0 Å². The molecule has 1 rings (SSSR count). The zero-order valence-corrected chi connectivity index (χ0v) is 10.8. The van der Waals surface area contributed by atoms with Gasteiger partial charge in [0.25, 0.3) is 0 Å². The van der Waals surface area contributed by atoms with Gasteiger partial charge in [0, 0.05) is 37.9 Å². The largest absolute Gasteiger partial charge is 0.354 e. The SMILES string of the molecule is Cc1ccncc1CNCCC(=O)NC(C)C. The van der Waals surface area contributed by atoms with E-state index < -0.39 is 0 Å². The molecule has 2 N–H and O–H groups in total. The molecule has 0 aromatic carbocycles. The van der Waals surface area contributed by atoms with E-state index in [0.717, 1.165) is 6.54 Å². The number of carbonyl (C=O) groups is 1. The standard InChI is InChI=1S/C13H21N3O/c1-10(2)16-13(17)5-7-15-9-12-8-14-6-4-11(12)3/h4,6,8,10,15H,5,7,9H2,1-3H3,(H,16,17). The summed E-state index contributed by atoms with van der Waals surface area (Å²) in [5.74, 6) is 0.0930. The molecule has 0 aliphatic heterocycles. The Morgan fingerprint density at radius 2 is 2.24 bits per heavy atom. The van der Waals surface area contributed by atoms with E-state index in [0.29, 0.717) is 13.0 Å². The molecule has 0 radical (unpaired) electrons. The van der Waals surface area contributed by atoms with E-state index >= 15 is 0 Å². The maximum atomic E-state index is 11.4. The number of hydrogen-bond donors (Lipinski definition) is 2. The van der Waals surface area contributed by atoms with Crippen LogP contribution in [0, 0.1) is 6.92 Å². The molecule has 1 aromatic heterocycles. The quantitative estimate of drug-likeness (QED) is 0.733. The molecule has 0 unspecified atom stereocenters. The van der Waals surface area contributed by atoms with Crippen LogP contribution in [-0.4, -0.2) is 23.5 Å². The molecule has 4 heteroatoms. The molecule has 0 saturated carbocycles. The third-order valence-electron chi connectivity index (χ3n) is 2.44. The van der Waals surface area contributed by atoms with Crippen molar-refractivity contribution in [2.75, 3.05) is 6.54 Å². The molecule has 0 aliphatic rings. The molecule has 94 valence electrons. The lowest BCUT2D eigenvalue weighted by Crippen LogP contribution is -2.32. The van der Waals surface area contributed by atoms with Crippen LogP contribution in [0.4, 0.5) is 0 Å². The van der Waals surface area contributed by atoms with Gasteiger partial charge in [-0.25, -0.2) is 0 Å². The maximum absolute atomic E-state index is 11.4. The van der Waals surface area contributed by atoms with Crippen molar-refractivity contribution < 1.29 is 4.79 Å². The first-order chi connectivity index (χ1) is 8.09. The summed E-state index contributed by atoms with van der Waals surface area (Å²) in [6.07, 6.45) is 4.16. The summed E-state index contributed by atoms with van der Waals surface area (Å²) in [6, 6.07) is 2.20. The van der Waals surface area contributed by atoms with Gasteiger partial charge in [0.15, 0.2) is 0 Å². The predicted molar refractivity (Wildman–Crippen MR) is 68.6 cm³/mol. The zero-order valence-electron chi connectivity index (χ0n) is 10.8. The highest BCUT2D eigenvalue weighted by Crippen LogP contribution is 2.03. The van der Waals surface area contributed by atoms with Crippen molar-refractivity contribution in [3.05, 3.63) is 29.6 Å². The number of nitrogens with one attached hydrogen (secondary N) is 2. The first kappa shape index (κ1) is 13.6. The van der Waals surface area contributed by atoms with Crippen molar-refractivity contribution in [1.29, 1.82) is 0 Å². The number of rotatable bonds is 6. The lowest BCUT2D eigenvalue weighted by Gasteiger charge is -2.09. The van der Waals surface area contributed by atoms with Crippen LogP contribution in [0.5, 0.6) is 0 Å². The highest BCUT2D eigenvalue weighted by molar-refractivity contribution is 5.76. The summed E-state index contributed by atoms with van der Waals surface area (Å²) in [4.78, 5) is 15.4. The summed E-state index contributed by atoms with van der Waals surface area (Å²) < 4.78 is 0. The van der Waals surface area contributed by atoms with Crippen LogP contribution in [-0.2, 0) is 11.3 Å². The molecule has 0 aliphatic carbocycles. The average molecular weight is 235 g/mol. The van der Waals surface area contributed by atoms with Gasteiger partial charge in [-0.1, -0.05) is 0 Å². The van der Waals surface area contributed by atoms with Crippen LogP contribution in [0.25, 0.3) is 0 Å². The van der Waals surface area contributed by atoms with Gasteiger partial charge in [-0.3, -0.25) is 9.78 Å². The van der Waals surface area contributed by atoms with Gasteiger partial charge >= 0.3 is 0 Å². The number of aryl methyl sites for hydroxylation is 1. The molecule has 1 aromatic rings. The number of nitrogens with zero attached hydrogens (tertiary/aromatic N) is 1. The topological polar surface area (TPSA) is 54.0 Å². The summed E-state index contributed by atoms with van der Waals surface area (Å²) in [7, 11) is 0. The smallest absolute Gasteiger partial charge is 0.221 e. The Kier molecular flexibility index (Phi) is 5.63. The van der Waals surface area contributed by atoms with E-state index in [4.69, 9.17) is 0 Å². The van der Waals surface area contributed by atoms with Crippen LogP contribution in [0.1, 0.15) is 31.4 Å². The third kappa shape index (κ3) is 5.45. The molecule has 0 spiro atoms. The van der Waals surface area contributed by atoms with Gasteiger partial charge in [-0.05, 0) is 38.0 Å². The monoisotopic (exact) mass is 235 g/mol. The van der Waals surface area contributed by atoms with Crippen LogP contribution >= 0.6 is 0 Å². The molecule has 0 bridgehead atoms. The Morgan fingerprint density at radius 1 is 1.47 bits per heavy atom. The van der Waals surface area contributed by atoms with Crippen molar-refractivity contribution in [2.45, 2.75) is 39.8 Å². The maximum Gasteiger partial charge on any atom is 0.221 e. The second-order valence-electron chi connectivity index (χ2n) is 4.45. The number of carbonyl (C=O) groups excluding carboxylic acids is 1. The van der Waals surface area contributed by atoms with Crippen molar-refractivity contribution in [1.82, 2.24) is 15.6 Å². The van der Waals surface area contributed by atoms with E-state index in [1.54, 1.807) is 6.20 Å². The molecule has 17 heavy (non-hydrogen) atoms. The van der Waals surface area contributed by atoms with E-state index in [1.165, 1.54) is 11.1 Å². The fourth-order valence-electron chi connectivity index (χ4n) is 1.50. The summed E-state index contributed by atoms with van der Waals surface area (Å²) in [5, 5.41) is 6.11. The Balaban J connectivity index is 2.21. The fourth-order valence-corrected chi connectivity index (χ4v) is 1.50. The molecule has 1 amide bonds. The van der Waals surface area contributed by atoms with Gasteiger partial charge in [0.1, 0.15) is 0 Å². The van der Waals surface area contributed by atoms with Crippen molar-refractivity contribution in [2.24, 2.45) is 0 Å². The molecular formula is C13H21N3O. The van der Waals surface area contributed by atoms with Crippen LogP contribution < -0.4 is 10.6 Å². The number of hydrogen-bond acceptors (Lipinski definition) is 3. The van der Waals surface area contributed by atoms with Crippen LogP contribution in [0.15, 0.2) is 18.5 Å². The molecule has 1 heterocycles. The second kappa shape index (κ2) is 7.01. The van der Waals surface area contributed by atoms with Crippen LogP contribution in [0.3, 0.4) is 0 Å².